The summed E-state index contributed by atoms with van der Waals surface area (Å²) in [6, 6.07) is -0.275. The monoisotopic (exact) mass is 248 g/mol. The lowest BCUT2D eigenvalue weighted by molar-refractivity contribution is -0.133. The van der Waals surface area contributed by atoms with Gasteiger partial charge in [-0.25, -0.2) is 8.42 Å². The highest BCUT2D eigenvalue weighted by atomic mass is 32.2. The molecule has 2 unspecified atom stereocenters. The van der Waals surface area contributed by atoms with Crippen molar-refractivity contribution in [1.82, 2.24) is 10.2 Å². The third-order valence-corrected chi connectivity index (χ3v) is 4.24. The Labute approximate surface area is 97.1 Å². The predicted octanol–water partition coefficient (Wildman–Crippen LogP) is -0.0225. The van der Waals surface area contributed by atoms with Gasteiger partial charge in [0.05, 0.1) is 18.0 Å². The molecular weight excluding hydrogens is 228 g/mol. The Balaban J connectivity index is 2.75. The fraction of sp³-hybridized carbons (Fsp3) is 0.900. The van der Waals surface area contributed by atoms with Gasteiger partial charge in [0.15, 0.2) is 0 Å². The molecule has 1 fully saturated rings. The molecule has 0 aliphatic carbocycles. The number of carbonyl (C=O) groups excluding carboxylic acids is 1. The van der Waals surface area contributed by atoms with Crippen LogP contribution in [-0.4, -0.2) is 49.5 Å². The van der Waals surface area contributed by atoms with Crippen LogP contribution in [0.15, 0.2) is 0 Å². The summed E-state index contributed by atoms with van der Waals surface area (Å²) in [5.74, 6) is 0.00591. The van der Waals surface area contributed by atoms with Crippen LogP contribution in [0.25, 0.3) is 0 Å². The third-order valence-electron chi connectivity index (χ3n) is 3.16. The molecular formula is C10H20N2O3S. The van der Waals surface area contributed by atoms with Gasteiger partial charge in [-0.15, -0.1) is 0 Å². The third kappa shape index (κ3) is 2.74. The molecule has 1 aliphatic heterocycles. The summed E-state index contributed by atoms with van der Waals surface area (Å²) in [7, 11) is -3.05. The molecule has 0 aromatic rings. The molecule has 16 heavy (non-hydrogen) atoms. The molecule has 94 valence electrons. The van der Waals surface area contributed by atoms with E-state index in [1.807, 2.05) is 13.8 Å². The zero-order valence-corrected chi connectivity index (χ0v) is 11.1. The Morgan fingerprint density at radius 3 is 2.50 bits per heavy atom. The number of hydrogen-bond donors (Lipinski definition) is 1. The van der Waals surface area contributed by atoms with E-state index in [0.717, 1.165) is 0 Å². The molecule has 1 aliphatic rings. The lowest BCUT2D eigenvalue weighted by Crippen LogP contribution is -2.45. The van der Waals surface area contributed by atoms with E-state index in [4.69, 9.17) is 0 Å². The van der Waals surface area contributed by atoms with Crippen molar-refractivity contribution in [2.45, 2.75) is 38.8 Å². The molecule has 6 heteroatoms. The van der Waals surface area contributed by atoms with Gasteiger partial charge in [-0.1, -0.05) is 6.92 Å². The lowest BCUT2D eigenvalue weighted by atomic mass is 9.99. The Bertz CT molecular complexity index is 380. The van der Waals surface area contributed by atoms with Crippen LogP contribution in [0, 0.1) is 0 Å². The van der Waals surface area contributed by atoms with Crippen molar-refractivity contribution in [2.75, 3.05) is 18.7 Å². The molecule has 0 saturated carbocycles. The van der Waals surface area contributed by atoms with E-state index in [0.29, 0.717) is 13.1 Å². The maximum atomic E-state index is 12.1. The van der Waals surface area contributed by atoms with Gasteiger partial charge in [0.1, 0.15) is 9.84 Å². The van der Waals surface area contributed by atoms with Crippen LogP contribution in [-0.2, 0) is 14.6 Å². The van der Waals surface area contributed by atoms with E-state index in [9.17, 15) is 13.2 Å². The molecule has 0 aromatic carbocycles. The molecule has 0 radical (unpaired) electrons. The van der Waals surface area contributed by atoms with Crippen LogP contribution in [0.4, 0.5) is 0 Å². The normalized spacial score (nSPS) is 28.5. The Morgan fingerprint density at radius 1 is 1.56 bits per heavy atom. The summed E-state index contributed by atoms with van der Waals surface area (Å²) >= 11 is 0. The maximum absolute atomic E-state index is 12.1. The largest absolute Gasteiger partial charge is 0.325 e. The molecule has 1 saturated heterocycles. The molecule has 5 nitrogen and oxygen atoms in total. The summed E-state index contributed by atoms with van der Waals surface area (Å²) in [5, 5.41) is 3.13. The highest BCUT2D eigenvalue weighted by molar-refractivity contribution is 7.90. The summed E-state index contributed by atoms with van der Waals surface area (Å²) < 4.78 is 22.4. The van der Waals surface area contributed by atoms with Crippen LogP contribution in [0.2, 0.25) is 0 Å². The number of sulfone groups is 1. The van der Waals surface area contributed by atoms with E-state index in [1.165, 1.54) is 6.26 Å². The van der Waals surface area contributed by atoms with Crippen molar-refractivity contribution >= 4 is 15.7 Å². The highest BCUT2D eigenvalue weighted by Crippen LogP contribution is 2.21. The second-order valence-electron chi connectivity index (χ2n) is 4.74. The summed E-state index contributed by atoms with van der Waals surface area (Å²) in [4.78, 5) is 13.7. The molecule has 1 amide bonds. The number of amides is 1. The van der Waals surface area contributed by atoms with E-state index < -0.39 is 15.4 Å². The first-order chi connectivity index (χ1) is 7.19. The second-order valence-corrected chi connectivity index (χ2v) is 6.92. The maximum Gasteiger partial charge on any atom is 0.243 e. The molecule has 1 N–H and O–H groups in total. The summed E-state index contributed by atoms with van der Waals surface area (Å²) in [6.07, 6.45) is 1.89. The standard InChI is InChI=1S/C10H20N2O3S/c1-5-10(3)9(13)12(7-11-10)8(2)6-16(4,14)15/h8,11H,5-7H2,1-4H3. The smallest absolute Gasteiger partial charge is 0.243 e. The molecule has 1 rings (SSSR count). The van der Waals surface area contributed by atoms with Crippen molar-refractivity contribution in [2.24, 2.45) is 0 Å². The topological polar surface area (TPSA) is 66.5 Å². The van der Waals surface area contributed by atoms with E-state index in [-0.39, 0.29) is 17.7 Å². The van der Waals surface area contributed by atoms with Crippen LogP contribution in [0.3, 0.4) is 0 Å². The average Bonchev–Trinajstić information content (AvgIpc) is 2.42. The Hall–Kier alpha value is -0.620. The number of nitrogens with one attached hydrogen (secondary N) is 1. The van der Waals surface area contributed by atoms with Crippen molar-refractivity contribution in [1.29, 1.82) is 0 Å². The van der Waals surface area contributed by atoms with Gasteiger partial charge in [0, 0.05) is 12.3 Å². The van der Waals surface area contributed by atoms with Crippen LogP contribution >= 0.6 is 0 Å². The van der Waals surface area contributed by atoms with Crippen molar-refractivity contribution < 1.29 is 13.2 Å². The number of carbonyl (C=O) groups is 1. The minimum atomic E-state index is -3.05. The van der Waals surface area contributed by atoms with Gasteiger partial charge in [0.2, 0.25) is 5.91 Å². The minimum absolute atomic E-state index is 0.00819. The van der Waals surface area contributed by atoms with Crippen LogP contribution in [0.5, 0.6) is 0 Å². The van der Waals surface area contributed by atoms with Crippen molar-refractivity contribution in [3.8, 4) is 0 Å². The number of rotatable bonds is 4. The van der Waals surface area contributed by atoms with Crippen molar-refractivity contribution in [3.63, 3.8) is 0 Å². The molecule has 0 bridgehead atoms. The van der Waals surface area contributed by atoms with E-state index in [1.54, 1.807) is 11.8 Å². The van der Waals surface area contributed by atoms with Gasteiger partial charge in [-0.3, -0.25) is 10.1 Å². The van der Waals surface area contributed by atoms with E-state index >= 15 is 0 Å². The highest BCUT2D eigenvalue weighted by Gasteiger charge is 2.42. The zero-order valence-electron chi connectivity index (χ0n) is 10.3. The Kier molecular flexibility index (Phi) is 3.64. The summed E-state index contributed by atoms with van der Waals surface area (Å²) in [6.45, 7) is 5.99. The molecule has 0 aromatic heterocycles. The molecule has 1 heterocycles. The van der Waals surface area contributed by atoms with Crippen molar-refractivity contribution in [3.05, 3.63) is 0 Å². The average molecular weight is 248 g/mol. The first kappa shape index (κ1) is 13.4. The van der Waals surface area contributed by atoms with Gasteiger partial charge >= 0.3 is 0 Å². The van der Waals surface area contributed by atoms with Crippen LogP contribution < -0.4 is 5.32 Å². The second kappa shape index (κ2) is 4.33. The Morgan fingerprint density at radius 2 is 2.12 bits per heavy atom. The van der Waals surface area contributed by atoms with Gasteiger partial charge < -0.3 is 4.90 Å². The fourth-order valence-corrected chi connectivity index (χ4v) is 2.94. The SMILES string of the molecule is CCC1(C)NCN(C(C)CS(C)(=O)=O)C1=O. The molecule has 2 atom stereocenters. The van der Waals surface area contributed by atoms with Gasteiger partial charge in [-0.05, 0) is 20.3 Å². The van der Waals surface area contributed by atoms with Gasteiger partial charge in [0.25, 0.3) is 0 Å². The number of hydrogen-bond acceptors (Lipinski definition) is 4. The first-order valence-corrected chi connectivity index (χ1v) is 7.49. The quantitative estimate of drug-likeness (QED) is 0.759. The molecule has 0 spiro atoms. The van der Waals surface area contributed by atoms with E-state index in [2.05, 4.69) is 5.32 Å². The fourth-order valence-electron chi connectivity index (χ4n) is 1.88. The summed E-state index contributed by atoms with van der Waals surface area (Å²) in [5.41, 5.74) is -0.536. The lowest BCUT2D eigenvalue weighted by Gasteiger charge is -2.25. The zero-order chi connectivity index (χ0) is 12.6. The van der Waals surface area contributed by atoms with Gasteiger partial charge in [-0.2, -0.15) is 0 Å². The first-order valence-electron chi connectivity index (χ1n) is 5.43. The number of nitrogens with zero attached hydrogens (tertiary/aromatic N) is 1. The minimum Gasteiger partial charge on any atom is -0.325 e. The van der Waals surface area contributed by atoms with Crippen LogP contribution in [0.1, 0.15) is 27.2 Å². The predicted molar refractivity (Wildman–Crippen MR) is 62.7 cm³/mol.